The second-order valence-corrected chi connectivity index (χ2v) is 11.4. The fourth-order valence-corrected chi connectivity index (χ4v) is 5.94. The molecule has 0 bridgehead atoms. The third kappa shape index (κ3) is 6.34. The lowest BCUT2D eigenvalue weighted by molar-refractivity contribution is -0.139. The molecule has 2 aliphatic heterocycles. The van der Waals surface area contributed by atoms with E-state index in [0.717, 1.165) is 24.6 Å². The number of imidazole rings is 1. The number of aromatic carboxylic acids is 1. The van der Waals surface area contributed by atoms with Gasteiger partial charge in [-0.1, -0.05) is 17.7 Å². The Balaban J connectivity index is 1.36. The van der Waals surface area contributed by atoms with Gasteiger partial charge in [0.1, 0.15) is 24.0 Å². The fourth-order valence-electron chi connectivity index (χ4n) is 5.78. The van der Waals surface area contributed by atoms with Crippen LogP contribution < -0.4 is 4.74 Å². The number of hydrogen-bond donors (Lipinski definition) is 1. The zero-order valence-electron chi connectivity index (χ0n) is 23.5. The highest BCUT2D eigenvalue weighted by Crippen LogP contribution is 2.44. The van der Waals surface area contributed by atoms with Crippen LogP contribution in [-0.2, 0) is 37.0 Å². The number of carboxylic acids is 1. The molecule has 4 aromatic rings. The number of alkyl halides is 5. The second-order valence-electron chi connectivity index (χ2n) is 11.0. The molecule has 0 saturated carbocycles. The Morgan fingerprint density at radius 1 is 1.16 bits per heavy atom. The molecule has 45 heavy (non-hydrogen) atoms. The topological polar surface area (TPSA) is 76.8 Å². The summed E-state index contributed by atoms with van der Waals surface area (Å²) in [6.45, 7) is 0.231. The van der Waals surface area contributed by atoms with Crippen LogP contribution in [0, 0.1) is 5.82 Å². The van der Waals surface area contributed by atoms with Crippen LogP contribution in [0.15, 0.2) is 48.5 Å². The lowest BCUT2D eigenvalue weighted by atomic mass is 9.90. The first kappa shape index (κ1) is 31.2. The molecule has 1 unspecified atom stereocenters. The van der Waals surface area contributed by atoms with Crippen molar-refractivity contribution in [2.75, 3.05) is 13.2 Å². The van der Waals surface area contributed by atoms with Gasteiger partial charge in [-0.3, -0.25) is 4.90 Å². The van der Waals surface area contributed by atoms with Crippen LogP contribution in [-0.4, -0.2) is 51.2 Å². The normalized spacial score (nSPS) is 18.7. The quantitative estimate of drug-likeness (QED) is 0.192. The van der Waals surface area contributed by atoms with Crippen molar-refractivity contribution in [1.82, 2.24) is 14.5 Å². The molecule has 3 aromatic carbocycles. The van der Waals surface area contributed by atoms with E-state index in [1.165, 1.54) is 29.2 Å². The maximum absolute atomic E-state index is 14.8. The lowest BCUT2D eigenvalue weighted by Crippen LogP contribution is -2.40. The van der Waals surface area contributed by atoms with E-state index in [2.05, 4.69) is 4.98 Å². The van der Waals surface area contributed by atoms with Crippen molar-refractivity contribution < 1.29 is 45.7 Å². The largest absolute Gasteiger partial charge is 0.488 e. The third-order valence-electron chi connectivity index (χ3n) is 8.16. The van der Waals surface area contributed by atoms with Gasteiger partial charge < -0.3 is 19.1 Å². The van der Waals surface area contributed by atoms with Crippen molar-refractivity contribution in [3.05, 3.63) is 93.0 Å². The molecule has 1 N–H and O–H groups in total. The first-order valence-electron chi connectivity index (χ1n) is 14.1. The average Bonchev–Trinajstić information content (AvgIpc) is 3.28. The van der Waals surface area contributed by atoms with Gasteiger partial charge in [0.05, 0.1) is 47.4 Å². The summed E-state index contributed by atoms with van der Waals surface area (Å²) in [5.74, 6) is -2.22. The molecule has 14 heteroatoms. The van der Waals surface area contributed by atoms with Gasteiger partial charge in [-0.25, -0.2) is 22.9 Å². The minimum Gasteiger partial charge on any atom is -0.488 e. The van der Waals surface area contributed by atoms with Crippen molar-refractivity contribution in [1.29, 1.82) is 0 Å². The fraction of sp³-hybridized carbons (Fsp3) is 0.355. The number of nitrogens with zero attached hydrogens (tertiary/aromatic N) is 3. The Hall–Kier alpha value is -3.81. The summed E-state index contributed by atoms with van der Waals surface area (Å²) in [6, 6.07) is 8.23. The Labute approximate surface area is 257 Å². The third-order valence-corrected chi connectivity index (χ3v) is 8.40. The molecule has 1 fully saturated rings. The van der Waals surface area contributed by atoms with Gasteiger partial charge in [0.25, 0.3) is 6.43 Å². The van der Waals surface area contributed by atoms with Crippen molar-refractivity contribution in [3.8, 4) is 5.75 Å². The highest BCUT2D eigenvalue weighted by molar-refractivity contribution is 6.30. The molecule has 6 rings (SSSR count). The van der Waals surface area contributed by atoms with Crippen LogP contribution in [0.3, 0.4) is 0 Å². The van der Waals surface area contributed by atoms with Gasteiger partial charge in [0.15, 0.2) is 0 Å². The zero-order valence-corrected chi connectivity index (χ0v) is 24.2. The number of carboxylic acid groups (broad SMARTS) is 1. The highest BCUT2D eigenvalue weighted by atomic mass is 35.5. The van der Waals surface area contributed by atoms with E-state index in [-0.39, 0.29) is 52.9 Å². The van der Waals surface area contributed by atoms with Crippen LogP contribution in [0.5, 0.6) is 5.75 Å². The highest BCUT2D eigenvalue weighted by Gasteiger charge is 2.40. The molecule has 1 aromatic heterocycles. The molecule has 0 amide bonds. The number of hydrogen-bond acceptors (Lipinski definition) is 5. The maximum Gasteiger partial charge on any atom is 0.419 e. The molecule has 2 atom stereocenters. The standard InChI is InChI=1S/C31H26ClF6N3O4/c32-19-3-1-18(23(33)11-19)15-45-26-12-21-16(9-22(26)31(36,37)38)5-7-40(28(21)29(34)35)14-27-39-24-4-2-17(30(42)43)10-25(24)41(27)13-20-6-8-44-20/h1-4,9-12,20,28-29H,5-8,13-15H2,(H,42,43)/t20-,28?/m0/s1. The number of ether oxygens (including phenoxy) is 2. The van der Waals surface area contributed by atoms with Gasteiger partial charge in [0, 0.05) is 23.7 Å². The predicted octanol–water partition coefficient (Wildman–Crippen LogP) is 7.28. The van der Waals surface area contributed by atoms with E-state index in [1.807, 2.05) is 0 Å². The van der Waals surface area contributed by atoms with E-state index >= 15 is 0 Å². The number of carbonyl (C=O) groups is 1. The predicted molar refractivity (Wildman–Crippen MR) is 151 cm³/mol. The number of benzene rings is 3. The Morgan fingerprint density at radius 2 is 1.93 bits per heavy atom. The molecule has 0 spiro atoms. The number of aromatic nitrogens is 2. The molecule has 3 heterocycles. The minimum atomic E-state index is -4.86. The molecular weight excluding hydrogens is 628 g/mol. The Kier molecular flexibility index (Phi) is 8.44. The minimum absolute atomic E-state index is 0.0129. The van der Waals surface area contributed by atoms with E-state index in [0.29, 0.717) is 30.0 Å². The SMILES string of the molecule is O=C(O)c1ccc2nc(CN3CCc4cc(C(F)(F)F)c(OCc5ccc(Cl)cc5F)cc4C3C(F)F)n(C[C@@H]3CCO3)c2c1. The Morgan fingerprint density at radius 3 is 2.58 bits per heavy atom. The molecular formula is C31H26ClF6N3O4. The summed E-state index contributed by atoms with van der Waals surface area (Å²) >= 11 is 5.76. The van der Waals surface area contributed by atoms with Gasteiger partial charge in [-0.05, 0) is 66.4 Å². The maximum atomic E-state index is 14.8. The van der Waals surface area contributed by atoms with Crippen molar-refractivity contribution in [2.24, 2.45) is 0 Å². The van der Waals surface area contributed by atoms with Gasteiger partial charge in [-0.15, -0.1) is 0 Å². The number of rotatable bonds is 9. The zero-order chi connectivity index (χ0) is 32.0. The summed E-state index contributed by atoms with van der Waals surface area (Å²) in [5.41, 5.74) is -0.114. The monoisotopic (exact) mass is 653 g/mol. The summed E-state index contributed by atoms with van der Waals surface area (Å²) in [5, 5.41) is 9.59. The molecule has 0 aliphatic carbocycles. The average molecular weight is 654 g/mol. The van der Waals surface area contributed by atoms with Crippen LogP contribution in [0.1, 0.15) is 50.9 Å². The van der Waals surface area contributed by atoms with Gasteiger partial charge >= 0.3 is 12.1 Å². The summed E-state index contributed by atoms with van der Waals surface area (Å²) in [7, 11) is 0. The van der Waals surface area contributed by atoms with E-state index in [9.17, 15) is 36.2 Å². The van der Waals surface area contributed by atoms with Crippen molar-refractivity contribution >= 4 is 28.6 Å². The molecule has 0 radical (unpaired) electrons. The molecule has 238 valence electrons. The first-order chi connectivity index (χ1) is 21.4. The van der Waals surface area contributed by atoms with Crippen LogP contribution in [0.2, 0.25) is 5.02 Å². The van der Waals surface area contributed by atoms with Crippen LogP contribution in [0.4, 0.5) is 26.3 Å². The summed E-state index contributed by atoms with van der Waals surface area (Å²) < 4.78 is 98.9. The summed E-state index contributed by atoms with van der Waals surface area (Å²) in [4.78, 5) is 17.7. The van der Waals surface area contributed by atoms with Gasteiger partial charge in [0.2, 0.25) is 0 Å². The second kappa shape index (κ2) is 12.2. The lowest BCUT2D eigenvalue weighted by Gasteiger charge is -2.37. The van der Waals surface area contributed by atoms with Crippen LogP contribution in [0.25, 0.3) is 11.0 Å². The van der Waals surface area contributed by atoms with Gasteiger partial charge in [-0.2, -0.15) is 13.2 Å². The number of halogens is 7. The Bertz CT molecular complexity index is 1760. The van der Waals surface area contributed by atoms with Crippen molar-refractivity contribution in [3.63, 3.8) is 0 Å². The summed E-state index contributed by atoms with van der Waals surface area (Å²) in [6.07, 6.45) is -7.20. The van der Waals surface area contributed by atoms with E-state index in [1.54, 1.807) is 10.6 Å². The smallest absolute Gasteiger partial charge is 0.419 e. The molecule has 7 nitrogen and oxygen atoms in total. The number of fused-ring (bicyclic) bond motifs is 2. The van der Waals surface area contributed by atoms with Crippen LogP contribution >= 0.6 is 11.6 Å². The first-order valence-corrected chi connectivity index (χ1v) is 14.4. The van der Waals surface area contributed by atoms with Crippen molar-refractivity contribution in [2.45, 2.75) is 57.3 Å². The molecule has 2 aliphatic rings. The van der Waals surface area contributed by atoms with E-state index < -0.39 is 48.3 Å². The van der Waals surface area contributed by atoms with E-state index in [4.69, 9.17) is 21.1 Å². The molecule has 1 saturated heterocycles.